The fraction of sp³-hybridized carbons (Fsp3) is 0.227. The number of nitrogens with one attached hydrogen (secondary N) is 3. The molecule has 0 radical (unpaired) electrons. The van der Waals surface area contributed by atoms with Crippen LogP contribution < -0.4 is 16.0 Å². The number of amides is 3. The van der Waals surface area contributed by atoms with Crippen molar-refractivity contribution in [2.45, 2.75) is 32.4 Å². The molecule has 1 heterocycles. The van der Waals surface area contributed by atoms with Crippen molar-refractivity contribution in [1.82, 2.24) is 15.6 Å². The first-order valence-electron chi connectivity index (χ1n) is 9.65. The molecular weight excluding hydrogens is 455 g/mol. The molecule has 3 rings (SSSR count). The van der Waals surface area contributed by atoms with E-state index < -0.39 is 0 Å². The average Bonchev–Trinajstić information content (AvgIpc) is 3.21. The van der Waals surface area contributed by atoms with E-state index in [1.165, 1.54) is 11.3 Å². The number of nitrogens with zero attached hydrogens (tertiary/aromatic N) is 1. The van der Waals surface area contributed by atoms with Crippen molar-refractivity contribution < 1.29 is 9.59 Å². The summed E-state index contributed by atoms with van der Waals surface area (Å²) < 4.78 is 0. The molecule has 9 heteroatoms. The largest absolute Gasteiger partial charge is 0.350 e. The molecular formula is C22H22Cl2N4O2S. The maximum absolute atomic E-state index is 12.2. The number of aromatic nitrogens is 1. The molecule has 2 aromatic carbocycles. The summed E-state index contributed by atoms with van der Waals surface area (Å²) in [7, 11) is 0. The van der Waals surface area contributed by atoms with Crippen molar-refractivity contribution in [3.63, 3.8) is 0 Å². The minimum absolute atomic E-state index is 0.0433. The van der Waals surface area contributed by atoms with Gasteiger partial charge < -0.3 is 10.6 Å². The van der Waals surface area contributed by atoms with Gasteiger partial charge in [-0.2, -0.15) is 0 Å². The van der Waals surface area contributed by atoms with Crippen LogP contribution in [0.2, 0.25) is 10.0 Å². The number of thiazole rings is 1. The molecule has 0 spiro atoms. The Bertz CT molecular complexity index is 1040. The predicted octanol–water partition coefficient (Wildman–Crippen LogP) is 5.58. The molecule has 3 amide bonds. The van der Waals surface area contributed by atoms with Gasteiger partial charge in [-0.05, 0) is 29.2 Å². The molecule has 0 aliphatic rings. The molecule has 0 aliphatic carbocycles. The van der Waals surface area contributed by atoms with Crippen molar-refractivity contribution in [3.05, 3.63) is 80.8 Å². The molecule has 162 valence electrons. The van der Waals surface area contributed by atoms with Gasteiger partial charge in [0.1, 0.15) is 0 Å². The van der Waals surface area contributed by atoms with E-state index >= 15 is 0 Å². The molecule has 3 aromatic rings. The molecule has 0 saturated heterocycles. The smallest absolute Gasteiger partial charge is 0.321 e. The summed E-state index contributed by atoms with van der Waals surface area (Å²) in [6, 6.07) is 14.7. The molecule has 3 N–H and O–H groups in total. The number of carbonyl (C=O) groups is 2. The summed E-state index contributed by atoms with van der Waals surface area (Å²) in [4.78, 5) is 28.6. The molecule has 0 aliphatic heterocycles. The summed E-state index contributed by atoms with van der Waals surface area (Å²) in [6.45, 7) is 2.64. The van der Waals surface area contributed by atoms with Crippen molar-refractivity contribution in [2.75, 3.05) is 5.32 Å². The van der Waals surface area contributed by atoms with E-state index in [2.05, 4.69) is 20.9 Å². The van der Waals surface area contributed by atoms with E-state index in [-0.39, 0.29) is 17.9 Å². The summed E-state index contributed by atoms with van der Waals surface area (Å²) in [5.41, 5.74) is 2.65. The zero-order valence-corrected chi connectivity index (χ0v) is 19.2. The predicted molar refractivity (Wildman–Crippen MR) is 126 cm³/mol. The molecule has 1 atom stereocenters. The highest BCUT2D eigenvalue weighted by Crippen LogP contribution is 2.22. The van der Waals surface area contributed by atoms with Gasteiger partial charge in [0.15, 0.2) is 5.13 Å². The molecule has 31 heavy (non-hydrogen) atoms. The first-order chi connectivity index (χ1) is 14.9. The fourth-order valence-corrected chi connectivity index (χ4v) is 3.88. The van der Waals surface area contributed by atoms with Gasteiger partial charge >= 0.3 is 6.03 Å². The molecule has 1 aromatic heterocycles. The second kappa shape index (κ2) is 11.1. The lowest BCUT2D eigenvalue weighted by Gasteiger charge is -2.11. The number of carbonyl (C=O) groups excluding carboxylic acids is 2. The van der Waals surface area contributed by atoms with Gasteiger partial charge in [0.25, 0.3) is 0 Å². The minimum atomic E-state index is -0.382. The highest BCUT2D eigenvalue weighted by Gasteiger charge is 2.12. The Morgan fingerprint density at radius 3 is 2.55 bits per heavy atom. The van der Waals surface area contributed by atoms with E-state index in [0.29, 0.717) is 40.4 Å². The van der Waals surface area contributed by atoms with Crippen LogP contribution in [0.15, 0.2) is 53.9 Å². The SMILES string of the molecule is CC(CC(=O)NCc1csc(NC(=O)NCc2ccc(Cl)c(Cl)c2)n1)c1ccccc1. The number of benzene rings is 2. The fourth-order valence-electron chi connectivity index (χ4n) is 2.86. The van der Waals surface area contributed by atoms with Crippen molar-refractivity contribution >= 4 is 51.6 Å². The minimum Gasteiger partial charge on any atom is -0.350 e. The number of urea groups is 1. The molecule has 6 nitrogen and oxygen atoms in total. The topological polar surface area (TPSA) is 83.1 Å². The zero-order chi connectivity index (χ0) is 22.2. The van der Waals surface area contributed by atoms with Gasteiger partial charge in [-0.3, -0.25) is 10.1 Å². The lowest BCUT2D eigenvalue weighted by molar-refractivity contribution is -0.121. The summed E-state index contributed by atoms with van der Waals surface area (Å²) in [5, 5.41) is 11.5. The number of anilines is 1. The normalized spacial score (nSPS) is 11.6. The molecule has 0 fully saturated rings. The highest BCUT2D eigenvalue weighted by atomic mass is 35.5. The van der Waals surface area contributed by atoms with Crippen LogP contribution in [0.25, 0.3) is 0 Å². The van der Waals surface area contributed by atoms with Crippen LogP contribution in [-0.2, 0) is 17.9 Å². The number of halogens is 2. The summed E-state index contributed by atoms with van der Waals surface area (Å²) in [5.74, 6) is 0.0892. The van der Waals surface area contributed by atoms with Crippen molar-refractivity contribution in [2.24, 2.45) is 0 Å². The number of rotatable bonds is 8. The first-order valence-corrected chi connectivity index (χ1v) is 11.3. The maximum Gasteiger partial charge on any atom is 0.321 e. The van der Waals surface area contributed by atoms with Crippen LogP contribution >= 0.6 is 34.5 Å². The van der Waals surface area contributed by atoms with E-state index in [9.17, 15) is 9.59 Å². The second-order valence-corrected chi connectivity index (χ2v) is 8.67. The van der Waals surface area contributed by atoms with Gasteiger partial charge in [-0.1, -0.05) is 66.5 Å². The standard InChI is InChI=1S/C22H22Cl2N4O2S/c1-14(16-5-3-2-4-6-16)9-20(29)25-12-17-13-31-22(27-17)28-21(30)26-11-15-7-8-18(23)19(24)10-15/h2-8,10,13-14H,9,11-12H2,1H3,(H,25,29)(H2,26,27,28,30). The Balaban J connectivity index is 1.41. The Hall–Kier alpha value is -2.61. The third kappa shape index (κ3) is 7.24. The molecule has 1 unspecified atom stereocenters. The number of hydrogen-bond donors (Lipinski definition) is 3. The lowest BCUT2D eigenvalue weighted by Crippen LogP contribution is -2.28. The van der Waals surface area contributed by atoms with E-state index in [1.54, 1.807) is 23.6 Å². The van der Waals surface area contributed by atoms with Crippen LogP contribution in [-0.4, -0.2) is 16.9 Å². The van der Waals surface area contributed by atoms with Gasteiger partial charge in [0.2, 0.25) is 5.91 Å². The van der Waals surface area contributed by atoms with E-state index in [0.717, 1.165) is 11.1 Å². The molecule has 0 bridgehead atoms. The van der Waals surface area contributed by atoms with Gasteiger partial charge in [0.05, 0.1) is 22.3 Å². The second-order valence-electron chi connectivity index (χ2n) is 6.99. The van der Waals surface area contributed by atoms with Crippen LogP contribution in [0.3, 0.4) is 0 Å². The third-order valence-electron chi connectivity index (χ3n) is 4.54. The summed E-state index contributed by atoms with van der Waals surface area (Å²) >= 11 is 13.2. The Morgan fingerprint density at radius 2 is 1.81 bits per heavy atom. The van der Waals surface area contributed by atoms with Gasteiger partial charge in [-0.25, -0.2) is 9.78 Å². The zero-order valence-electron chi connectivity index (χ0n) is 16.8. The third-order valence-corrected chi connectivity index (χ3v) is 6.08. The highest BCUT2D eigenvalue weighted by molar-refractivity contribution is 7.13. The van der Waals surface area contributed by atoms with Gasteiger partial charge in [-0.15, -0.1) is 11.3 Å². The Labute approximate surface area is 195 Å². The van der Waals surface area contributed by atoms with Crippen LogP contribution in [0.4, 0.5) is 9.93 Å². The van der Waals surface area contributed by atoms with Crippen molar-refractivity contribution in [3.8, 4) is 0 Å². The lowest BCUT2D eigenvalue weighted by atomic mass is 9.98. The summed E-state index contributed by atoms with van der Waals surface area (Å²) in [6.07, 6.45) is 0.399. The monoisotopic (exact) mass is 476 g/mol. The van der Waals surface area contributed by atoms with Gasteiger partial charge in [0, 0.05) is 18.3 Å². The van der Waals surface area contributed by atoms with Crippen LogP contribution in [0.5, 0.6) is 0 Å². The number of hydrogen-bond acceptors (Lipinski definition) is 4. The van der Waals surface area contributed by atoms with Crippen LogP contribution in [0.1, 0.15) is 36.1 Å². The average molecular weight is 477 g/mol. The Kier molecular flexibility index (Phi) is 8.28. The first kappa shape index (κ1) is 23.1. The Morgan fingerprint density at radius 1 is 1.03 bits per heavy atom. The van der Waals surface area contributed by atoms with Crippen molar-refractivity contribution in [1.29, 1.82) is 0 Å². The van der Waals surface area contributed by atoms with Crippen LogP contribution in [0, 0.1) is 0 Å². The van der Waals surface area contributed by atoms with E-state index in [4.69, 9.17) is 23.2 Å². The maximum atomic E-state index is 12.2. The quantitative estimate of drug-likeness (QED) is 0.396. The molecule has 0 saturated carbocycles. The van der Waals surface area contributed by atoms with E-state index in [1.807, 2.05) is 37.3 Å².